The molecule has 1 aromatic heterocycles. The molecule has 1 saturated carbocycles. The zero-order valence-corrected chi connectivity index (χ0v) is 17.1. The van der Waals surface area contributed by atoms with Crippen molar-refractivity contribution in [2.24, 2.45) is 16.6 Å². The van der Waals surface area contributed by atoms with E-state index in [0.717, 1.165) is 31.2 Å². The van der Waals surface area contributed by atoms with Gasteiger partial charge in [-0.2, -0.15) is 10.4 Å². The van der Waals surface area contributed by atoms with E-state index in [2.05, 4.69) is 21.3 Å². The van der Waals surface area contributed by atoms with Gasteiger partial charge in [0.05, 0.1) is 23.2 Å². The third kappa shape index (κ3) is 4.18. The number of rotatable bonds is 5. The molecule has 8 heteroatoms. The number of nitrogens with two attached hydrogens (primary N) is 1. The Labute approximate surface area is 180 Å². The summed E-state index contributed by atoms with van der Waals surface area (Å²) in [5.74, 6) is -0.0577. The fourth-order valence-electron chi connectivity index (χ4n) is 4.49. The van der Waals surface area contributed by atoms with Crippen molar-refractivity contribution in [3.8, 4) is 6.07 Å². The summed E-state index contributed by atoms with van der Waals surface area (Å²) in [5, 5.41) is 28.6. The van der Waals surface area contributed by atoms with Gasteiger partial charge >= 0.3 is 0 Å². The number of aliphatic hydroxyl groups excluding tert-OH is 1. The third-order valence-electron chi connectivity index (χ3n) is 5.98. The van der Waals surface area contributed by atoms with Crippen molar-refractivity contribution in [1.82, 2.24) is 15.1 Å². The molecule has 0 saturated heterocycles. The molecule has 2 heterocycles. The lowest BCUT2D eigenvalue weighted by Crippen LogP contribution is -2.50. The first-order valence-electron chi connectivity index (χ1n) is 10.4. The minimum absolute atomic E-state index is 0.0297. The molecule has 31 heavy (non-hydrogen) atoms. The van der Waals surface area contributed by atoms with Crippen molar-refractivity contribution in [2.75, 3.05) is 0 Å². The average Bonchev–Trinajstić information content (AvgIpc) is 2.81. The lowest BCUT2D eigenvalue weighted by atomic mass is 9.79. The number of hydrogen-bond donors (Lipinski definition) is 2. The minimum atomic E-state index is -1.27. The first-order valence-corrected chi connectivity index (χ1v) is 10.4. The fraction of sp³-hybridized carbons (Fsp3) is 0.348. The molecule has 3 N–H and O–H groups in total. The summed E-state index contributed by atoms with van der Waals surface area (Å²) in [6.45, 7) is 0. The molecular weight excluding hydrogens is 392 g/mol. The Balaban J connectivity index is 1.85. The number of hydrogen-bond acceptors (Lipinski definition) is 7. The van der Waals surface area contributed by atoms with Crippen molar-refractivity contribution < 1.29 is 9.90 Å². The van der Waals surface area contributed by atoms with Crippen LogP contribution >= 0.6 is 0 Å². The van der Waals surface area contributed by atoms with Crippen LogP contribution in [-0.2, 0) is 4.79 Å². The SMILES string of the molecule is N#Cc1ccc(C(C2CCCCC2)N2C(c3cccnn3)=NC=C(C(N)=O)[C@@H]2O)cc1. The highest BCUT2D eigenvalue weighted by Crippen LogP contribution is 2.41. The van der Waals surface area contributed by atoms with E-state index in [-0.39, 0.29) is 17.5 Å². The molecule has 1 aromatic carbocycles. The van der Waals surface area contributed by atoms with Crippen LogP contribution in [0.2, 0.25) is 0 Å². The van der Waals surface area contributed by atoms with Crippen LogP contribution in [-0.4, -0.2) is 38.2 Å². The van der Waals surface area contributed by atoms with Crippen LogP contribution in [0.4, 0.5) is 0 Å². The van der Waals surface area contributed by atoms with E-state index in [9.17, 15) is 15.2 Å². The van der Waals surface area contributed by atoms with E-state index in [0.29, 0.717) is 17.1 Å². The maximum Gasteiger partial charge on any atom is 0.250 e. The predicted octanol–water partition coefficient (Wildman–Crippen LogP) is 2.42. The molecule has 4 rings (SSSR count). The Hall–Kier alpha value is -3.57. The number of aliphatic hydroxyl groups is 1. The number of amides is 1. The van der Waals surface area contributed by atoms with Crippen LogP contribution in [0.25, 0.3) is 0 Å². The largest absolute Gasteiger partial charge is 0.369 e. The maximum atomic E-state index is 12.0. The molecule has 2 atom stereocenters. The normalized spacial score (nSPS) is 20.4. The van der Waals surface area contributed by atoms with E-state index >= 15 is 0 Å². The minimum Gasteiger partial charge on any atom is -0.369 e. The Kier molecular flexibility index (Phi) is 6.05. The van der Waals surface area contributed by atoms with E-state index in [4.69, 9.17) is 5.73 Å². The van der Waals surface area contributed by atoms with Crippen LogP contribution < -0.4 is 5.73 Å². The summed E-state index contributed by atoms with van der Waals surface area (Å²) >= 11 is 0. The van der Waals surface area contributed by atoms with Gasteiger partial charge in [0, 0.05) is 12.4 Å². The molecule has 1 amide bonds. The Morgan fingerprint density at radius 1 is 1.19 bits per heavy atom. The standard InChI is InChI=1S/C23H24N6O2/c24-13-15-8-10-17(11-9-15)20(16-5-2-1-3-6-16)29-22(19-7-4-12-27-28-19)26-14-18(21(25)30)23(29)31/h4,7-12,14,16,20,23,31H,1-3,5-6H2,(H2,25,30)/t20?,23-/m0/s1. The highest BCUT2D eigenvalue weighted by Gasteiger charge is 2.40. The summed E-state index contributed by atoms with van der Waals surface area (Å²) in [4.78, 5) is 18.2. The Morgan fingerprint density at radius 2 is 1.94 bits per heavy atom. The van der Waals surface area contributed by atoms with Gasteiger partial charge in [0.25, 0.3) is 5.91 Å². The van der Waals surface area contributed by atoms with Crippen molar-refractivity contribution in [3.05, 3.63) is 71.2 Å². The van der Waals surface area contributed by atoms with Gasteiger partial charge < -0.3 is 15.7 Å². The Bertz CT molecular complexity index is 1040. The van der Waals surface area contributed by atoms with Crippen molar-refractivity contribution >= 4 is 11.7 Å². The van der Waals surface area contributed by atoms with Crippen LogP contribution in [0.5, 0.6) is 0 Å². The maximum absolute atomic E-state index is 12.0. The second-order valence-corrected chi connectivity index (χ2v) is 7.87. The van der Waals surface area contributed by atoms with Gasteiger partial charge in [0.1, 0.15) is 5.69 Å². The molecule has 158 valence electrons. The monoisotopic (exact) mass is 416 g/mol. The molecule has 2 aromatic rings. The van der Waals surface area contributed by atoms with Crippen LogP contribution in [0.15, 0.2) is 59.4 Å². The number of carbonyl (C=O) groups excluding carboxylic acids is 1. The molecule has 8 nitrogen and oxygen atoms in total. The van der Waals surface area contributed by atoms with E-state index in [1.165, 1.54) is 12.6 Å². The van der Waals surface area contributed by atoms with Gasteiger partial charge in [-0.25, -0.2) is 4.99 Å². The number of amidine groups is 1. The second-order valence-electron chi connectivity index (χ2n) is 7.87. The highest BCUT2D eigenvalue weighted by molar-refractivity contribution is 6.02. The fourth-order valence-corrected chi connectivity index (χ4v) is 4.49. The third-order valence-corrected chi connectivity index (χ3v) is 5.98. The molecule has 1 aliphatic heterocycles. The predicted molar refractivity (Wildman–Crippen MR) is 114 cm³/mol. The van der Waals surface area contributed by atoms with Gasteiger partial charge in [0.15, 0.2) is 12.1 Å². The summed E-state index contributed by atoms with van der Waals surface area (Å²) in [5.41, 5.74) is 7.56. The lowest BCUT2D eigenvalue weighted by molar-refractivity contribution is -0.116. The van der Waals surface area contributed by atoms with Gasteiger partial charge in [0.2, 0.25) is 0 Å². The van der Waals surface area contributed by atoms with E-state index < -0.39 is 12.1 Å². The number of nitrogens with zero attached hydrogens (tertiary/aromatic N) is 5. The van der Waals surface area contributed by atoms with Crippen LogP contribution in [0.3, 0.4) is 0 Å². The van der Waals surface area contributed by atoms with E-state index in [1.54, 1.807) is 35.4 Å². The van der Waals surface area contributed by atoms with Crippen molar-refractivity contribution in [3.63, 3.8) is 0 Å². The number of benzene rings is 1. The molecule has 1 unspecified atom stereocenters. The average molecular weight is 416 g/mol. The number of aromatic nitrogens is 2. The molecule has 2 aliphatic rings. The van der Waals surface area contributed by atoms with Crippen LogP contribution in [0.1, 0.15) is 55.0 Å². The molecule has 0 spiro atoms. The number of carbonyl (C=O) groups is 1. The summed E-state index contributed by atoms with van der Waals surface area (Å²) < 4.78 is 0. The highest BCUT2D eigenvalue weighted by atomic mass is 16.3. The van der Waals surface area contributed by atoms with Crippen molar-refractivity contribution in [1.29, 1.82) is 5.26 Å². The Morgan fingerprint density at radius 3 is 2.55 bits per heavy atom. The van der Waals surface area contributed by atoms with Crippen molar-refractivity contribution in [2.45, 2.75) is 44.4 Å². The number of nitriles is 1. The smallest absolute Gasteiger partial charge is 0.250 e. The molecule has 1 fully saturated rings. The molecule has 0 bridgehead atoms. The topological polar surface area (TPSA) is 128 Å². The molecular formula is C23H24N6O2. The van der Waals surface area contributed by atoms with Gasteiger partial charge in [-0.1, -0.05) is 31.4 Å². The zero-order chi connectivity index (χ0) is 21.8. The molecule has 0 radical (unpaired) electrons. The first-order chi connectivity index (χ1) is 15.1. The quantitative estimate of drug-likeness (QED) is 0.770. The lowest BCUT2D eigenvalue weighted by Gasteiger charge is -2.44. The van der Waals surface area contributed by atoms with E-state index in [1.807, 2.05) is 12.1 Å². The number of aliphatic imine (C=N–C) groups is 1. The number of primary amides is 1. The van der Waals surface area contributed by atoms with Crippen LogP contribution in [0, 0.1) is 17.2 Å². The molecule has 1 aliphatic carbocycles. The van der Waals surface area contributed by atoms with Gasteiger partial charge in [-0.15, -0.1) is 5.10 Å². The summed E-state index contributed by atoms with van der Waals surface area (Å²) in [6.07, 6.45) is 6.94. The summed E-state index contributed by atoms with van der Waals surface area (Å²) in [6, 6.07) is 12.7. The summed E-state index contributed by atoms with van der Waals surface area (Å²) in [7, 11) is 0. The zero-order valence-electron chi connectivity index (χ0n) is 17.1. The van der Waals surface area contributed by atoms with Gasteiger partial charge in [-0.05, 0) is 48.6 Å². The second kappa shape index (κ2) is 9.06. The first kappa shape index (κ1) is 20.7. The van der Waals surface area contributed by atoms with Gasteiger partial charge in [-0.3, -0.25) is 4.79 Å².